The lowest BCUT2D eigenvalue weighted by Gasteiger charge is -2.39. The van der Waals surface area contributed by atoms with Gasteiger partial charge in [0.25, 0.3) is 0 Å². The van der Waals surface area contributed by atoms with Crippen molar-refractivity contribution in [2.75, 3.05) is 12.5 Å². The van der Waals surface area contributed by atoms with Gasteiger partial charge in [0.15, 0.2) is 5.75 Å². The summed E-state index contributed by atoms with van der Waals surface area (Å²) in [6.07, 6.45) is -6.16. The Bertz CT molecular complexity index is 1160. The number of fused-ring (bicyclic) bond motifs is 1. The molecule has 0 amide bonds. The van der Waals surface area contributed by atoms with Gasteiger partial charge in [-0.3, -0.25) is 0 Å². The standard InChI is InChI=1S/C17H13F11O4S2/c1-33(2,31-12-8-7-10-5-3-4-6-11(10)9-12)32-34(29,30)17(27,28)15(22,23)13(18,19)14(20,21)16(24,25)26/h3-9H,1-2H3. The molecule has 2 rings (SSSR count). The molecule has 0 aliphatic carbocycles. The fourth-order valence-corrected chi connectivity index (χ4v) is 5.63. The van der Waals surface area contributed by atoms with Gasteiger partial charge in [-0.2, -0.15) is 56.7 Å². The highest BCUT2D eigenvalue weighted by Gasteiger charge is 2.90. The van der Waals surface area contributed by atoms with Crippen molar-refractivity contribution in [3.05, 3.63) is 42.5 Å². The largest absolute Gasteiger partial charge is 0.460 e. The molecule has 4 nitrogen and oxygen atoms in total. The van der Waals surface area contributed by atoms with Gasteiger partial charge in [-0.05, 0) is 22.9 Å². The summed E-state index contributed by atoms with van der Waals surface area (Å²) in [4.78, 5) is 0. The monoisotopic (exact) mass is 554 g/mol. The van der Waals surface area contributed by atoms with Crippen molar-refractivity contribution in [3.63, 3.8) is 0 Å². The van der Waals surface area contributed by atoms with E-state index in [0.717, 1.165) is 0 Å². The third-order valence-electron chi connectivity index (χ3n) is 4.10. The molecule has 0 aromatic heterocycles. The fraction of sp³-hybridized carbons (Fsp3) is 0.412. The molecule has 0 aliphatic heterocycles. The average molecular weight is 554 g/mol. The highest BCUT2D eigenvalue weighted by atomic mass is 32.3. The van der Waals surface area contributed by atoms with E-state index < -0.39 is 49.9 Å². The molecule has 17 heteroatoms. The second kappa shape index (κ2) is 8.29. The van der Waals surface area contributed by atoms with E-state index in [9.17, 15) is 56.7 Å². The molecule has 0 radical (unpaired) electrons. The van der Waals surface area contributed by atoms with Crippen molar-refractivity contribution in [2.45, 2.75) is 29.2 Å². The second-order valence-electron chi connectivity index (χ2n) is 7.00. The van der Waals surface area contributed by atoms with Crippen molar-refractivity contribution in [2.24, 2.45) is 0 Å². The Hall–Kier alpha value is -2.01. The van der Waals surface area contributed by atoms with E-state index in [-0.39, 0.29) is 5.75 Å². The number of rotatable bonds is 8. The summed E-state index contributed by atoms with van der Waals surface area (Å²) in [6, 6.07) is 10.2. The van der Waals surface area contributed by atoms with Crippen LogP contribution in [0.25, 0.3) is 10.8 Å². The van der Waals surface area contributed by atoms with Crippen molar-refractivity contribution in [3.8, 4) is 5.75 Å². The molecule has 0 saturated heterocycles. The van der Waals surface area contributed by atoms with Gasteiger partial charge in [-0.1, -0.05) is 30.3 Å². The van der Waals surface area contributed by atoms with Gasteiger partial charge in [0.05, 0.1) is 0 Å². The first-order valence-corrected chi connectivity index (χ1v) is 12.2. The Morgan fingerprint density at radius 3 is 1.68 bits per heavy atom. The summed E-state index contributed by atoms with van der Waals surface area (Å²) in [5.74, 6) is -23.6. The van der Waals surface area contributed by atoms with Crippen LogP contribution in [0.15, 0.2) is 42.5 Å². The van der Waals surface area contributed by atoms with E-state index in [2.05, 4.69) is 3.63 Å². The highest BCUT2D eigenvalue weighted by molar-refractivity contribution is 8.28. The maximum atomic E-state index is 14.0. The van der Waals surface area contributed by atoms with Crippen molar-refractivity contribution < 1.29 is 64.5 Å². The van der Waals surface area contributed by atoms with Gasteiger partial charge in [-0.25, -0.2) is 0 Å². The minimum absolute atomic E-state index is 0.252. The number of hydrogen-bond donors (Lipinski definition) is 0. The lowest BCUT2D eigenvalue weighted by Crippen LogP contribution is -2.68. The second-order valence-corrected chi connectivity index (χ2v) is 11.4. The Kier molecular flexibility index (Phi) is 6.88. The van der Waals surface area contributed by atoms with Gasteiger partial charge >= 0.3 is 39.3 Å². The third kappa shape index (κ3) is 4.60. The summed E-state index contributed by atoms with van der Waals surface area (Å²) < 4.78 is 177. The van der Waals surface area contributed by atoms with Crippen LogP contribution in [0, 0.1) is 0 Å². The van der Waals surface area contributed by atoms with Crippen molar-refractivity contribution in [1.82, 2.24) is 0 Å². The van der Waals surface area contributed by atoms with E-state index in [1.807, 2.05) is 0 Å². The first-order valence-electron chi connectivity index (χ1n) is 8.45. The molecular weight excluding hydrogens is 541 g/mol. The molecule has 0 aliphatic rings. The maximum absolute atomic E-state index is 14.0. The normalized spacial score (nSPS) is 15.4. The molecule has 2 aromatic rings. The van der Waals surface area contributed by atoms with Crippen LogP contribution in [0.2, 0.25) is 0 Å². The minimum Gasteiger partial charge on any atom is -0.391 e. The number of benzene rings is 2. The smallest absolute Gasteiger partial charge is 0.391 e. The molecule has 0 heterocycles. The predicted molar refractivity (Wildman–Crippen MR) is 99.9 cm³/mol. The molecule has 0 N–H and O–H groups in total. The van der Waals surface area contributed by atoms with E-state index >= 15 is 0 Å². The Morgan fingerprint density at radius 1 is 0.676 bits per heavy atom. The topological polar surface area (TPSA) is 52.6 Å². The molecule has 2 aromatic carbocycles. The Balaban J connectivity index is 2.40. The number of alkyl halides is 11. The van der Waals surface area contributed by atoms with E-state index in [0.29, 0.717) is 23.3 Å². The van der Waals surface area contributed by atoms with Crippen LogP contribution in [-0.2, 0) is 13.7 Å². The quantitative estimate of drug-likeness (QED) is 0.349. The number of halogens is 11. The Labute approximate surface area is 186 Å². The van der Waals surface area contributed by atoms with E-state index in [1.165, 1.54) is 18.2 Å². The van der Waals surface area contributed by atoms with Crippen LogP contribution in [0.4, 0.5) is 48.3 Å². The molecule has 0 fully saturated rings. The Morgan fingerprint density at radius 2 is 1.18 bits per heavy atom. The molecule has 0 unspecified atom stereocenters. The lowest BCUT2D eigenvalue weighted by atomic mass is 10.0. The van der Waals surface area contributed by atoms with Gasteiger partial charge in [0, 0.05) is 12.5 Å². The molecule has 0 saturated carbocycles. The summed E-state index contributed by atoms with van der Waals surface area (Å²) in [5, 5.41) is -6.13. The molecule has 0 spiro atoms. The van der Waals surface area contributed by atoms with Gasteiger partial charge < -0.3 is 4.18 Å². The SMILES string of the molecule is CS(C)(Oc1ccc2ccccc2c1)OS(=O)(=O)C(F)(F)C(F)(F)C(F)(F)C(F)(F)C(F)(F)F. The van der Waals surface area contributed by atoms with Crippen LogP contribution < -0.4 is 4.18 Å². The van der Waals surface area contributed by atoms with Crippen molar-refractivity contribution in [1.29, 1.82) is 0 Å². The molecule has 0 bridgehead atoms. The fourth-order valence-electron chi connectivity index (χ4n) is 2.44. The predicted octanol–water partition coefficient (Wildman–Crippen LogP) is 6.52. The van der Waals surface area contributed by atoms with Crippen LogP contribution in [0.5, 0.6) is 5.75 Å². The molecule has 34 heavy (non-hydrogen) atoms. The third-order valence-corrected chi connectivity index (χ3v) is 7.60. The van der Waals surface area contributed by atoms with Gasteiger partial charge in [-0.15, -0.1) is 14.2 Å². The first kappa shape index (κ1) is 28.2. The van der Waals surface area contributed by atoms with Crippen LogP contribution in [-0.4, -0.2) is 50.1 Å². The zero-order chi connectivity index (χ0) is 26.6. The summed E-state index contributed by atoms with van der Waals surface area (Å²) in [6.45, 7) is 0. The maximum Gasteiger partial charge on any atom is 0.460 e. The van der Waals surface area contributed by atoms with E-state index in [4.69, 9.17) is 4.18 Å². The number of hydrogen-bond acceptors (Lipinski definition) is 4. The van der Waals surface area contributed by atoms with Gasteiger partial charge in [0.2, 0.25) is 0 Å². The molecule has 0 atom stereocenters. The van der Waals surface area contributed by atoms with E-state index in [1.54, 1.807) is 24.3 Å². The lowest BCUT2D eigenvalue weighted by molar-refractivity contribution is -0.413. The molecule has 194 valence electrons. The van der Waals surface area contributed by atoms with Gasteiger partial charge in [0.1, 0.15) is 0 Å². The summed E-state index contributed by atoms with van der Waals surface area (Å²) >= 11 is 0. The summed E-state index contributed by atoms with van der Waals surface area (Å²) in [7, 11) is -11.1. The van der Waals surface area contributed by atoms with Crippen molar-refractivity contribution >= 4 is 31.5 Å². The minimum atomic E-state index is -7.89. The average Bonchev–Trinajstić information content (AvgIpc) is 2.65. The first-order chi connectivity index (χ1) is 15.0. The zero-order valence-corrected chi connectivity index (χ0v) is 18.3. The van der Waals surface area contributed by atoms with Crippen LogP contribution in [0.3, 0.4) is 0 Å². The highest BCUT2D eigenvalue weighted by Crippen LogP contribution is 2.60. The van der Waals surface area contributed by atoms with Crippen LogP contribution >= 0.6 is 10.6 Å². The molecular formula is C17H13F11O4S2. The van der Waals surface area contributed by atoms with Crippen LogP contribution in [0.1, 0.15) is 0 Å². The summed E-state index contributed by atoms with van der Waals surface area (Å²) in [5.41, 5.74) is 0. The zero-order valence-electron chi connectivity index (χ0n) is 16.6.